The van der Waals surface area contributed by atoms with Crippen LogP contribution in [0.3, 0.4) is 0 Å². The number of nitro groups is 1. The number of rotatable bonds is 3. The molecule has 1 aromatic rings. The van der Waals surface area contributed by atoms with Gasteiger partial charge in [0.1, 0.15) is 0 Å². The van der Waals surface area contributed by atoms with Crippen molar-refractivity contribution >= 4 is 15.7 Å². The maximum atomic E-state index is 12.7. The first-order valence-electron chi connectivity index (χ1n) is 6.67. The smallest absolute Gasteiger partial charge is 0.276 e. The minimum atomic E-state index is -3.89. The van der Waals surface area contributed by atoms with E-state index in [1.54, 1.807) is 13.8 Å². The highest BCUT2D eigenvalue weighted by molar-refractivity contribution is 7.89. The number of sulfonamides is 1. The van der Waals surface area contributed by atoms with E-state index in [9.17, 15) is 18.5 Å². The van der Waals surface area contributed by atoms with Gasteiger partial charge in [-0.3, -0.25) is 15.0 Å². The van der Waals surface area contributed by atoms with Crippen LogP contribution in [0.4, 0.5) is 5.69 Å². The van der Waals surface area contributed by atoms with Gasteiger partial charge in [0.05, 0.1) is 16.4 Å². The van der Waals surface area contributed by atoms with Crippen molar-refractivity contribution in [2.75, 3.05) is 13.2 Å². The molecule has 0 aromatic heterocycles. The Hall–Kier alpha value is -1.51. The fourth-order valence-corrected chi connectivity index (χ4v) is 4.44. The van der Waals surface area contributed by atoms with E-state index >= 15 is 0 Å². The van der Waals surface area contributed by atoms with Crippen LogP contribution in [0, 0.1) is 30.9 Å². The normalized spacial score (nSPS) is 16.9. The van der Waals surface area contributed by atoms with Gasteiger partial charge in [0.25, 0.3) is 15.7 Å². The number of hydroxylamine groups is 1. The van der Waals surface area contributed by atoms with Crippen LogP contribution in [0.25, 0.3) is 0 Å². The summed E-state index contributed by atoms with van der Waals surface area (Å²) in [5.41, 5.74) is 0.946. The van der Waals surface area contributed by atoms with E-state index in [4.69, 9.17) is 4.84 Å². The minimum absolute atomic E-state index is 0.0262. The van der Waals surface area contributed by atoms with Crippen molar-refractivity contribution in [3.63, 3.8) is 0 Å². The minimum Gasteiger partial charge on any atom is -0.284 e. The Morgan fingerprint density at radius 3 is 2.43 bits per heavy atom. The molecule has 0 aliphatic carbocycles. The Balaban J connectivity index is 2.62. The average molecular weight is 314 g/mol. The summed E-state index contributed by atoms with van der Waals surface area (Å²) in [6.07, 6.45) is 1.52. The van der Waals surface area contributed by atoms with Gasteiger partial charge in [0.2, 0.25) is 0 Å². The second-order valence-electron chi connectivity index (χ2n) is 5.14. The first kappa shape index (κ1) is 15.9. The molecule has 1 saturated heterocycles. The zero-order chi connectivity index (χ0) is 15.8. The number of nitro benzene ring substituents is 1. The summed E-state index contributed by atoms with van der Waals surface area (Å²) in [5, 5.41) is 11.2. The zero-order valence-corrected chi connectivity index (χ0v) is 13.1. The van der Waals surface area contributed by atoms with Gasteiger partial charge in [0, 0.05) is 17.7 Å². The molecule has 0 N–H and O–H groups in total. The second-order valence-corrected chi connectivity index (χ2v) is 6.91. The lowest BCUT2D eigenvalue weighted by Gasteiger charge is -2.26. The first-order chi connectivity index (χ1) is 9.76. The van der Waals surface area contributed by atoms with Crippen LogP contribution >= 0.6 is 0 Å². The number of nitrogens with zero attached hydrogens (tertiary/aromatic N) is 2. The molecule has 1 heterocycles. The Morgan fingerprint density at radius 1 is 1.24 bits per heavy atom. The van der Waals surface area contributed by atoms with Crippen molar-refractivity contribution in [3.8, 4) is 0 Å². The molecule has 0 atom stereocenters. The maximum absolute atomic E-state index is 12.7. The molecule has 116 valence electrons. The van der Waals surface area contributed by atoms with E-state index in [2.05, 4.69) is 0 Å². The van der Waals surface area contributed by atoms with Gasteiger partial charge in [0.15, 0.2) is 0 Å². The van der Waals surface area contributed by atoms with Gasteiger partial charge in [-0.05, 0) is 45.2 Å². The van der Waals surface area contributed by atoms with Gasteiger partial charge in [-0.2, -0.15) is 0 Å². The number of hydrogen-bond donors (Lipinski definition) is 0. The van der Waals surface area contributed by atoms with E-state index < -0.39 is 14.9 Å². The molecule has 0 saturated carbocycles. The van der Waals surface area contributed by atoms with Gasteiger partial charge in [-0.15, -0.1) is 0 Å². The largest absolute Gasteiger partial charge is 0.284 e. The van der Waals surface area contributed by atoms with E-state index in [-0.39, 0.29) is 22.7 Å². The summed E-state index contributed by atoms with van der Waals surface area (Å²) in [6, 6.07) is 1.53. The van der Waals surface area contributed by atoms with Crippen molar-refractivity contribution in [1.29, 1.82) is 0 Å². The molecule has 8 heteroatoms. The third-order valence-electron chi connectivity index (χ3n) is 3.54. The highest BCUT2D eigenvalue weighted by Crippen LogP contribution is 2.34. The van der Waals surface area contributed by atoms with Gasteiger partial charge in [-0.25, -0.2) is 8.42 Å². The summed E-state index contributed by atoms with van der Waals surface area (Å²) in [4.78, 5) is 15.8. The molecule has 2 rings (SSSR count). The maximum Gasteiger partial charge on any atom is 0.276 e. The van der Waals surface area contributed by atoms with Crippen LogP contribution < -0.4 is 0 Å². The van der Waals surface area contributed by atoms with Crippen molar-refractivity contribution in [2.45, 2.75) is 38.5 Å². The van der Waals surface area contributed by atoms with Crippen LogP contribution in [0.2, 0.25) is 0 Å². The van der Waals surface area contributed by atoms with Crippen molar-refractivity contribution in [2.24, 2.45) is 0 Å². The molecular formula is C13H18N2O5S. The highest BCUT2D eigenvalue weighted by atomic mass is 32.2. The fraction of sp³-hybridized carbons (Fsp3) is 0.538. The molecule has 1 aromatic carbocycles. The molecule has 21 heavy (non-hydrogen) atoms. The van der Waals surface area contributed by atoms with Gasteiger partial charge in [-0.1, -0.05) is 4.47 Å². The highest BCUT2D eigenvalue weighted by Gasteiger charge is 2.33. The van der Waals surface area contributed by atoms with Crippen molar-refractivity contribution in [3.05, 3.63) is 32.9 Å². The number of benzene rings is 1. The van der Waals surface area contributed by atoms with E-state index in [0.717, 1.165) is 10.9 Å². The summed E-state index contributed by atoms with van der Waals surface area (Å²) < 4.78 is 26.3. The second kappa shape index (κ2) is 5.70. The Morgan fingerprint density at radius 2 is 1.90 bits per heavy atom. The number of aryl methyl sites for hydroxylation is 2. The van der Waals surface area contributed by atoms with Crippen LogP contribution in [0.5, 0.6) is 0 Å². The SMILES string of the molecule is Cc1cc(C)c(S(=O)(=O)N2CCCCO2)c(C)c1[N+](=O)[O-]. The monoisotopic (exact) mass is 314 g/mol. The molecule has 0 unspecified atom stereocenters. The summed E-state index contributed by atoms with van der Waals surface area (Å²) in [6.45, 7) is 5.32. The molecule has 7 nitrogen and oxygen atoms in total. The standard InChI is InChI=1S/C13H18N2O5S/c1-9-8-10(2)13(11(3)12(9)15(16)17)21(18,19)14-6-4-5-7-20-14/h8H,4-7H2,1-3H3. The first-order valence-corrected chi connectivity index (χ1v) is 8.11. The molecule has 0 bridgehead atoms. The van der Waals surface area contributed by atoms with E-state index in [1.807, 2.05) is 0 Å². The van der Waals surface area contributed by atoms with Crippen LogP contribution in [0.15, 0.2) is 11.0 Å². The predicted molar refractivity (Wildman–Crippen MR) is 76.4 cm³/mol. The van der Waals surface area contributed by atoms with Gasteiger partial charge < -0.3 is 0 Å². The summed E-state index contributed by atoms with van der Waals surface area (Å²) >= 11 is 0. The molecule has 1 aliphatic rings. The molecule has 0 radical (unpaired) electrons. The lowest BCUT2D eigenvalue weighted by atomic mass is 10.1. The topological polar surface area (TPSA) is 89.8 Å². The zero-order valence-electron chi connectivity index (χ0n) is 12.2. The molecule has 1 aliphatic heterocycles. The van der Waals surface area contributed by atoms with Crippen LogP contribution in [-0.4, -0.2) is 31.0 Å². The Kier molecular flexibility index (Phi) is 4.31. The summed E-state index contributed by atoms with van der Waals surface area (Å²) in [7, 11) is -3.89. The quantitative estimate of drug-likeness (QED) is 0.630. The Bertz CT molecular complexity index is 678. The molecule has 0 spiro atoms. The molecule has 1 fully saturated rings. The molecule has 0 amide bonds. The van der Waals surface area contributed by atoms with Crippen molar-refractivity contribution < 1.29 is 18.2 Å². The fourth-order valence-electron chi connectivity index (χ4n) is 2.70. The van der Waals surface area contributed by atoms with Crippen LogP contribution in [0.1, 0.15) is 29.5 Å². The summed E-state index contributed by atoms with van der Waals surface area (Å²) in [5.74, 6) is 0. The lowest BCUT2D eigenvalue weighted by Crippen LogP contribution is -2.36. The lowest BCUT2D eigenvalue weighted by molar-refractivity contribution is -0.386. The van der Waals surface area contributed by atoms with E-state index in [1.165, 1.54) is 13.0 Å². The third kappa shape index (κ3) is 2.78. The van der Waals surface area contributed by atoms with Gasteiger partial charge >= 0.3 is 0 Å². The predicted octanol–water partition coefficient (Wildman–Crippen LogP) is 2.24. The Labute approximate surface area is 123 Å². The number of hydrogen-bond acceptors (Lipinski definition) is 5. The van der Waals surface area contributed by atoms with E-state index in [0.29, 0.717) is 24.2 Å². The van der Waals surface area contributed by atoms with Crippen molar-refractivity contribution in [1.82, 2.24) is 4.47 Å². The average Bonchev–Trinajstić information content (AvgIpc) is 2.38. The third-order valence-corrected chi connectivity index (χ3v) is 5.51. The van der Waals surface area contributed by atoms with Crippen LogP contribution in [-0.2, 0) is 14.9 Å². The molecular weight excluding hydrogens is 296 g/mol.